The van der Waals surface area contributed by atoms with Gasteiger partial charge in [-0.1, -0.05) is 15.9 Å². The number of hydrogen-bond acceptors (Lipinski definition) is 4. The summed E-state index contributed by atoms with van der Waals surface area (Å²) in [5.74, 6) is -0.243. The van der Waals surface area contributed by atoms with Gasteiger partial charge < -0.3 is 19.0 Å². The van der Waals surface area contributed by atoms with Crippen LogP contribution in [0, 0.1) is 0 Å². The maximum Gasteiger partial charge on any atom is 0.374 e. The SMILES string of the molecule is CCOC(=O)c1oc2ccc(Br)cc2c1C[NH+](C)CC(=O)N(C)C. The Kier molecular flexibility index (Phi) is 6.01. The van der Waals surface area contributed by atoms with E-state index in [1.54, 1.807) is 25.9 Å². The van der Waals surface area contributed by atoms with Gasteiger partial charge in [0.25, 0.3) is 5.91 Å². The molecule has 0 bridgehead atoms. The zero-order chi connectivity index (χ0) is 17.9. The summed E-state index contributed by atoms with van der Waals surface area (Å²) in [7, 11) is 5.36. The van der Waals surface area contributed by atoms with Crippen LogP contribution in [0.15, 0.2) is 27.1 Å². The lowest BCUT2D eigenvalue weighted by Gasteiger charge is -2.16. The molecule has 1 amide bonds. The predicted octanol–water partition coefficient (Wildman–Crippen LogP) is 1.47. The first-order valence-corrected chi connectivity index (χ1v) is 8.52. The molecule has 1 aromatic heterocycles. The Morgan fingerprint density at radius 1 is 1.33 bits per heavy atom. The van der Waals surface area contributed by atoms with E-state index in [1.165, 1.54) is 0 Å². The lowest BCUT2D eigenvalue weighted by molar-refractivity contribution is -0.885. The van der Waals surface area contributed by atoms with Crippen molar-refractivity contribution in [1.29, 1.82) is 0 Å². The number of halogens is 1. The molecule has 0 spiro atoms. The molecule has 0 radical (unpaired) electrons. The normalized spacial score (nSPS) is 12.2. The molecule has 1 aromatic carbocycles. The summed E-state index contributed by atoms with van der Waals surface area (Å²) in [6.45, 7) is 2.85. The van der Waals surface area contributed by atoms with Gasteiger partial charge in [-0.2, -0.15) is 0 Å². The van der Waals surface area contributed by atoms with Gasteiger partial charge in [0.2, 0.25) is 5.76 Å². The molecule has 0 saturated carbocycles. The van der Waals surface area contributed by atoms with Crippen LogP contribution in [0.4, 0.5) is 0 Å². The molecule has 0 saturated heterocycles. The number of furan rings is 1. The number of nitrogens with one attached hydrogen (secondary N) is 1. The topological polar surface area (TPSA) is 64.2 Å². The number of likely N-dealkylation sites (N-methyl/N-ethyl adjacent to an activating group) is 2. The summed E-state index contributed by atoms with van der Waals surface area (Å²) < 4.78 is 11.7. The molecular weight excluding hydrogens is 376 g/mol. The Balaban J connectivity index is 2.38. The first-order chi connectivity index (χ1) is 11.3. The molecule has 1 atom stereocenters. The highest BCUT2D eigenvalue weighted by Crippen LogP contribution is 2.28. The Hall–Kier alpha value is -1.86. The number of hydrogen-bond donors (Lipinski definition) is 1. The summed E-state index contributed by atoms with van der Waals surface area (Å²) >= 11 is 3.44. The number of benzene rings is 1. The minimum atomic E-state index is -0.480. The van der Waals surface area contributed by atoms with Gasteiger partial charge in [0, 0.05) is 24.0 Å². The highest BCUT2D eigenvalue weighted by molar-refractivity contribution is 9.10. The van der Waals surface area contributed by atoms with Crippen molar-refractivity contribution in [2.45, 2.75) is 13.5 Å². The maximum atomic E-state index is 12.2. The van der Waals surface area contributed by atoms with Gasteiger partial charge in [0.05, 0.1) is 19.2 Å². The number of carbonyl (C=O) groups excluding carboxylic acids is 2. The standard InChI is InChI=1S/C17H21BrN2O4/c1-5-23-17(22)16-13(9-20(4)10-15(21)19(2)3)12-8-11(18)6-7-14(12)24-16/h6-8H,5,9-10H2,1-4H3/p+1. The minimum absolute atomic E-state index is 0.0270. The van der Waals surface area contributed by atoms with E-state index in [1.807, 2.05) is 25.2 Å². The van der Waals surface area contributed by atoms with E-state index < -0.39 is 5.97 Å². The molecule has 6 nitrogen and oxygen atoms in total. The van der Waals surface area contributed by atoms with Gasteiger partial charge in [0.1, 0.15) is 12.1 Å². The highest BCUT2D eigenvalue weighted by atomic mass is 79.9. The maximum absolute atomic E-state index is 12.2. The fourth-order valence-corrected chi connectivity index (χ4v) is 2.80. The smallest absolute Gasteiger partial charge is 0.374 e. The Bertz CT molecular complexity index is 754. The number of fused-ring (bicyclic) bond motifs is 1. The van der Waals surface area contributed by atoms with Crippen LogP contribution in [0.25, 0.3) is 11.0 Å². The van der Waals surface area contributed by atoms with Gasteiger partial charge in [-0.25, -0.2) is 4.79 Å². The average molecular weight is 398 g/mol. The summed E-state index contributed by atoms with van der Waals surface area (Å²) in [6, 6.07) is 5.58. The van der Waals surface area contributed by atoms with Crippen LogP contribution in [-0.2, 0) is 16.1 Å². The van der Waals surface area contributed by atoms with E-state index in [9.17, 15) is 9.59 Å². The van der Waals surface area contributed by atoms with Crippen LogP contribution in [0.3, 0.4) is 0 Å². The fourth-order valence-electron chi connectivity index (χ4n) is 2.44. The van der Waals surface area contributed by atoms with Crippen molar-refractivity contribution in [3.8, 4) is 0 Å². The molecule has 0 aliphatic carbocycles. The average Bonchev–Trinajstić information content (AvgIpc) is 2.85. The van der Waals surface area contributed by atoms with Gasteiger partial charge in [0.15, 0.2) is 6.54 Å². The van der Waals surface area contributed by atoms with Crippen LogP contribution in [-0.4, -0.2) is 51.1 Å². The third-order valence-electron chi connectivity index (χ3n) is 3.64. The van der Waals surface area contributed by atoms with Gasteiger partial charge in [-0.15, -0.1) is 0 Å². The Morgan fingerprint density at radius 3 is 2.67 bits per heavy atom. The number of amides is 1. The van der Waals surface area contributed by atoms with Crippen molar-refractivity contribution < 1.29 is 23.6 Å². The van der Waals surface area contributed by atoms with Gasteiger partial charge in [-0.3, -0.25) is 4.79 Å². The first-order valence-electron chi connectivity index (χ1n) is 7.73. The van der Waals surface area contributed by atoms with Crippen LogP contribution in [0.2, 0.25) is 0 Å². The summed E-state index contributed by atoms with van der Waals surface area (Å²) in [6.07, 6.45) is 0. The van der Waals surface area contributed by atoms with Crippen LogP contribution < -0.4 is 4.90 Å². The van der Waals surface area contributed by atoms with Crippen molar-refractivity contribution in [3.63, 3.8) is 0 Å². The second-order valence-electron chi connectivity index (χ2n) is 5.87. The zero-order valence-electron chi connectivity index (χ0n) is 14.3. The molecule has 130 valence electrons. The van der Waals surface area contributed by atoms with Crippen molar-refractivity contribution in [2.75, 3.05) is 34.3 Å². The molecule has 0 fully saturated rings. The second-order valence-corrected chi connectivity index (χ2v) is 6.79. The van der Waals surface area contributed by atoms with Crippen LogP contribution >= 0.6 is 15.9 Å². The third-order valence-corrected chi connectivity index (χ3v) is 4.14. The number of esters is 1. The lowest BCUT2D eigenvalue weighted by atomic mass is 10.1. The van der Waals surface area contributed by atoms with Crippen molar-refractivity contribution in [3.05, 3.63) is 34.0 Å². The fraction of sp³-hybridized carbons (Fsp3) is 0.412. The van der Waals surface area contributed by atoms with E-state index in [-0.39, 0.29) is 18.3 Å². The Morgan fingerprint density at radius 2 is 2.04 bits per heavy atom. The van der Waals surface area contributed by atoms with E-state index in [4.69, 9.17) is 9.15 Å². The molecule has 2 rings (SSSR count). The molecule has 1 unspecified atom stereocenters. The second kappa shape index (κ2) is 7.81. The van der Waals surface area contributed by atoms with E-state index >= 15 is 0 Å². The first kappa shape index (κ1) is 18.5. The van der Waals surface area contributed by atoms with Gasteiger partial charge in [-0.05, 0) is 25.1 Å². The molecule has 0 aliphatic rings. The number of quaternary nitrogens is 1. The molecule has 1 heterocycles. The molecule has 1 N–H and O–H groups in total. The van der Waals surface area contributed by atoms with Gasteiger partial charge >= 0.3 is 5.97 Å². The van der Waals surface area contributed by atoms with E-state index in [0.717, 1.165) is 20.3 Å². The monoisotopic (exact) mass is 397 g/mol. The molecule has 7 heteroatoms. The third kappa shape index (κ3) is 4.15. The Labute approximate surface area is 149 Å². The van der Waals surface area contributed by atoms with E-state index in [2.05, 4.69) is 15.9 Å². The van der Waals surface area contributed by atoms with E-state index in [0.29, 0.717) is 18.7 Å². The molecule has 0 aliphatic heterocycles. The minimum Gasteiger partial charge on any atom is -0.460 e. The van der Waals surface area contributed by atoms with Crippen LogP contribution in [0.5, 0.6) is 0 Å². The number of carbonyl (C=O) groups is 2. The quantitative estimate of drug-likeness (QED) is 0.749. The number of rotatable bonds is 6. The number of ether oxygens (including phenoxy) is 1. The van der Waals surface area contributed by atoms with Crippen LogP contribution in [0.1, 0.15) is 23.0 Å². The predicted molar refractivity (Wildman–Crippen MR) is 94.0 cm³/mol. The summed E-state index contributed by atoms with van der Waals surface area (Å²) in [5.41, 5.74) is 1.39. The summed E-state index contributed by atoms with van der Waals surface area (Å²) in [4.78, 5) is 26.6. The highest BCUT2D eigenvalue weighted by Gasteiger charge is 2.25. The molecule has 24 heavy (non-hydrogen) atoms. The lowest BCUT2D eigenvalue weighted by Crippen LogP contribution is -3.08. The van der Waals surface area contributed by atoms with Crippen molar-refractivity contribution >= 4 is 38.8 Å². The summed E-state index contributed by atoms with van der Waals surface area (Å²) in [5, 5.41) is 0.851. The molecular formula is C17H22BrN2O4+. The molecule has 2 aromatic rings. The largest absolute Gasteiger partial charge is 0.460 e. The van der Waals surface area contributed by atoms with Crippen molar-refractivity contribution in [2.24, 2.45) is 0 Å². The van der Waals surface area contributed by atoms with Crippen molar-refractivity contribution in [1.82, 2.24) is 4.90 Å². The zero-order valence-corrected chi connectivity index (χ0v) is 15.9. The number of nitrogens with zero attached hydrogens (tertiary/aromatic N) is 1.